The van der Waals surface area contributed by atoms with Gasteiger partial charge in [0.2, 0.25) is 11.8 Å². The van der Waals surface area contributed by atoms with Gasteiger partial charge in [0.05, 0.1) is 10.6 Å². The van der Waals surface area contributed by atoms with Crippen molar-refractivity contribution in [2.75, 3.05) is 17.7 Å². The van der Waals surface area contributed by atoms with Gasteiger partial charge < -0.3 is 10.6 Å². The molecule has 7 nitrogen and oxygen atoms in total. The number of hydrogen-bond acceptors (Lipinski definition) is 6. The summed E-state index contributed by atoms with van der Waals surface area (Å²) in [5.74, 6) is 0.441. The third-order valence-corrected chi connectivity index (χ3v) is 3.01. The summed E-state index contributed by atoms with van der Waals surface area (Å²) >= 11 is 3.36. The predicted molar refractivity (Wildman–Crippen MR) is 75.7 cm³/mol. The summed E-state index contributed by atoms with van der Waals surface area (Å²) in [6, 6.07) is 7.28. The molecule has 0 saturated carbocycles. The van der Waals surface area contributed by atoms with E-state index in [0.717, 1.165) is 10.7 Å². The Balaban J connectivity index is 2.43. The van der Waals surface area contributed by atoms with Crippen LogP contribution in [0, 0.1) is 10.1 Å². The summed E-state index contributed by atoms with van der Waals surface area (Å²) in [5, 5.41) is 16.6. The fourth-order valence-corrected chi connectivity index (χ4v) is 1.80. The highest BCUT2D eigenvalue weighted by atomic mass is 79.9. The van der Waals surface area contributed by atoms with Crippen LogP contribution in [-0.2, 0) is 0 Å². The average Bonchev–Trinajstić information content (AvgIpc) is 2.41. The average molecular weight is 324 g/mol. The zero-order chi connectivity index (χ0) is 13.8. The molecular formula is C11H10BrN5O2. The molecule has 0 bridgehead atoms. The molecule has 0 radical (unpaired) electrons. The summed E-state index contributed by atoms with van der Waals surface area (Å²) in [6.45, 7) is 0. The molecule has 0 aliphatic heterocycles. The molecule has 0 aliphatic carbocycles. The zero-order valence-electron chi connectivity index (χ0n) is 9.92. The van der Waals surface area contributed by atoms with Crippen molar-refractivity contribution in [2.45, 2.75) is 0 Å². The largest absolute Gasteiger partial charge is 0.357 e. The Morgan fingerprint density at radius 1 is 1.37 bits per heavy atom. The summed E-state index contributed by atoms with van der Waals surface area (Å²) in [4.78, 5) is 18.3. The third kappa shape index (κ3) is 2.97. The van der Waals surface area contributed by atoms with Crippen LogP contribution in [0.5, 0.6) is 0 Å². The summed E-state index contributed by atoms with van der Waals surface area (Å²) in [5.41, 5.74) is 0.501. The van der Waals surface area contributed by atoms with Crippen LogP contribution in [0.1, 0.15) is 0 Å². The van der Waals surface area contributed by atoms with Crippen LogP contribution in [0.4, 0.5) is 23.1 Å². The maximum Gasteiger partial charge on any atom is 0.329 e. The number of halogens is 1. The SMILES string of the molecule is CNc1ncc([N+](=O)[O-])c(Nc2ccccc2Br)n1. The van der Waals surface area contributed by atoms with Crippen LogP contribution in [0.15, 0.2) is 34.9 Å². The highest BCUT2D eigenvalue weighted by Gasteiger charge is 2.17. The molecule has 1 heterocycles. The molecule has 1 aromatic carbocycles. The Morgan fingerprint density at radius 2 is 2.11 bits per heavy atom. The van der Waals surface area contributed by atoms with Gasteiger partial charge in [-0.05, 0) is 28.1 Å². The van der Waals surface area contributed by atoms with E-state index in [1.807, 2.05) is 18.2 Å². The van der Waals surface area contributed by atoms with Gasteiger partial charge in [-0.3, -0.25) is 10.1 Å². The van der Waals surface area contributed by atoms with Gasteiger partial charge in [0.15, 0.2) is 0 Å². The van der Waals surface area contributed by atoms with Gasteiger partial charge in [0.25, 0.3) is 0 Å². The normalized spacial score (nSPS) is 10.0. The van der Waals surface area contributed by atoms with Crippen molar-refractivity contribution in [1.82, 2.24) is 9.97 Å². The molecule has 19 heavy (non-hydrogen) atoms. The summed E-state index contributed by atoms with van der Waals surface area (Å²) in [6.07, 6.45) is 1.16. The van der Waals surface area contributed by atoms with Gasteiger partial charge in [0.1, 0.15) is 6.20 Å². The predicted octanol–water partition coefficient (Wildman–Crippen LogP) is 2.93. The molecule has 98 valence electrons. The number of aromatic nitrogens is 2. The lowest BCUT2D eigenvalue weighted by Crippen LogP contribution is -2.04. The highest BCUT2D eigenvalue weighted by Crippen LogP contribution is 2.29. The molecule has 8 heteroatoms. The Labute approximate surface area is 117 Å². The van der Waals surface area contributed by atoms with E-state index < -0.39 is 4.92 Å². The minimum atomic E-state index is -0.529. The number of nitrogens with zero attached hydrogens (tertiary/aromatic N) is 3. The molecule has 1 aromatic heterocycles. The molecule has 0 amide bonds. The monoisotopic (exact) mass is 323 g/mol. The first-order valence-electron chi connectivity index (χ1n) is 5.32. The molecule has 2 rings (SSSR count). The van der Waals surface area contributed by atoms with Crippen molar-refractivity contribution < 1.29 is 4.92 Å². The van der Waals surface area contributed by atoms with E-state index in [1.54, 1.807) is 13.1 Å². The minimum Gasteiger partial charge on any atom is -0.357 e. The van der Waals surface area contributed by atoms with Gasteiger partial charge in [0, 0.05) is 11.5 Å². The standard InChI is InChI=1S/C11H10BrN5O2/c1-13-11-14-6-9(17(18)19)10(16-11)15-8-5-3-2-4-7(8)12/h2-6H,1H3,(H2,13,14,15,16). The third-order valence-electron chi connectivity index (χ3n) is 2.32. The first-order valence-corrected chi connectivity index (χ1v) is 6.12. The fourth-order valence-electron chi connectivity index (χ4n) is 1.41. The Kier molecular flexibility index (Phi) is 3.91. The second-order valence-electron chi connectivity index (χ2n) is 3.54. The van der Waals surface area contributed by atoms with Crippen molar-refractivity contribution >= 4 is 39.1 Å². The number of anilines is 3. The first-order chi connectivity index (χ1) is 9.11. The fraction of sp³-hybridized carbons (Fsp3) is 0.0909. The second-order valence-corrected chi connectivity index (χ2v) is 4.39. The van der Waals surface area contributed by atoms with Crippen LogP contribution in [-0.4, -0.2) is 21.9 Å². The van der Waals surface area contributed by atoms with Crippen LogP contribution < -0.4 is 10.6 Å². The molecule has 0 aliphatic rings. The molecule has 0 atom stereocenters. The van der Waals surface area contributed by atoms with Crippen molar-refractivity contribution in [2.24, 2.45) is 0 Å². The van der Waals surface area contributed by atoms with Crippen LogP contribution in [0.2, 0.25) is 0 Å². The number of rotatable bonds is 4. The van der Waals surface area contributed by atoms with Gasteiger partial charge in [-0.2, -0.15) is 4.98 Å². The molecule has 0 fully saturated rings. The lowest BCUT2D eigenvalue weighted by atomic mass is 10.3. The molecule has 2 N–H and O–H groups in total. The van der Waals surface area contributed by atoms with E-state index >= 15 is 0 Å². The van der Waals surface area contributed by atoms with Crippen molar-refractivity contribution in [3.05, 3.63) is 45.0 Å². The first kappa shape index (κ1) is 13.2. The van der Waals surface area contributed by atoms with Crippen molar-refractivity contribution in [1.29, 1.82) is 0 Å². The number of hydrogen-bond donors (Lipinski definition) is 2. The number of benzene rings is 1. The van der Waals surface area contributed by atoms with E-state index in [2.05, 4.69) is 36.5 Å². The van der Waals surface area contributed by atoms with Gasteiger partial charge >= 0.3 is 5.69 Å². The van der Waals surface area contributed by atoms with Crippen LogP contribution in [0.25, 0.3) is 0 Å². The Hall–Kier alpha value is -2.22. The van der Waals surface area contributed by atoms with E-state index in [0.29, 0.717) is 11.6 Å². The Morgan fingerprint density at radius 3 is 2.74 bits per heavy atom. The van der Waals surface area contributed by atoms with E-state index in [4.69, 9.17) is 0 Å². The Bertz CT molecular complexity index is 620. The van der Waals surface area contributed by atoms with E-state index in [9.17, 15) is 10.1 Å². The van der Waals surface area contributed by atoms with Crippen molar-refractivity contribution in [3.63, 3.8) is 0 Å². The molecule has 0 unspecified atom stereocenters. The number of para-hydroxylation sites is 1. The molecule has 2 aromatic rings. The summed E-state index contributed by atoms with van der Waals surface area (Å²) in [7, 11) is 1.64. The van der Waals surface area contributed by atoms with E-state index in [-0.39, 0.29) is 11.5 Å². The number of nitro groups is 1. The molecule has 0 saturated heterocycles. The topological polar surface area (TPSA) is 93.0 Å². The highest BCUT2D eigenvalue weighted by molar-refractivity contribution is 9.10. The smallest absolute Gasteiger partial charge is 0.329 e. The minimum absolute atomic E-state index is 0.135. The lowest BCUT2D eigenvalue weighted by molar-refractivity contribution is -0.384. The van der Waals surface area contributed by atoms with E-state index in [1.165, 1.54) is 0 Å². The summed E-state index contributed by atoms with van der Waals surface area (Å²) < 4.78 is 0.786. The molecular weight excluding hydrogens is 314 g/mol. The van der Waals surface area contributed by atoms with Crippen molar-refractivity contribution in [3.8, 4) is 0 Å². The van der Waals surface area contributed by atoms with Crippen LogP contribution in [0.3, 0.4) is 0 Å². The quantitative estimate of drug-likeness (QED) is 0.663. The van der Waals surface area contributed by atoms with Gasteiger partial charge in [-0.25, -0.2) is 4.98 Å². The maximum absolute atomic E-state index is 10.9. The second kappa shape index (κ2) is 5.61. The molecule has 0 spiro atoms. The zero-order valence-corrected chi connectivity index (χ0v) is 11.5. The lowest BCUT2D eigenvalue weighted by Gasteiger charge is -2.08. The maximum atomic E-state index is 10.9. The number of nitrogens with one attached hydrogen (secondary N) is 2. The van der Waals surface area contributed by atoms with Gasteiger partial charge in [-0.15, -0.1) is 0 Å². The van der Waals surface area contributed by atoms with Gasteiger partial charge in [-0.1, -0.05) is 12.1 Å². The van der Waals surface area contributed by atoms with Crippen LogP contribution >= 0.6 is 15.9 Å².